The maximum atomic E-state index is 11.7. The molecule has 1 aromatic heterocycles. The molecule has 29 heavy (non-hydrogen) atoms. The fourth-order valence-electron chi connectivity index (χ4n) is 4.46. The first-order chi connectivity index (χ1) is 13.5. The molecule has 2 saturated heterocycles. The number of β-lactam (4-membered cyclic amide) rings is 1. The summed E-state index contributed by atoms with van der Waals surface area (Å²) in [4.78, 5) is 22.5. The summed E-state index contributed by atoms with van der Waals surface area (Å²) in [6.45, 7) is 6.90. The summed E-state index contributed by atoms with van der Waals surface area (Å²) >= 11 is 6.13. The minimum Gasteiger partial charge on any atom is -0.367 e. The Morgan fingerprint density at radius 2 is 2.07 bits per heavy atom. The molecule has 9 heteroatoms. The third-order valence-electron chi connectivity index (χ3n) is 6.00. The van der Waals surface area contributed by atoms with E-state index in [0.717, 1.165) is 27.7 Å². The Morgan fingerprint density at radius 1 is 1.38 bits per heavy atom. The highest BCUT2D eigenvalue weighted by Gasteiger charge is 2.39. The molecule has 4 rings (SSSR count). The van der Waals surface area contributed by atoms with Crippen LogP contribution in [0.25, 0.3) is 10.9 Å². The van der Waals surface area contributed by atoms with Crippen LogP contribution in [0.3, 0.4) is 0 Å². The normalized spacial score (nSPS) is 24.4. The van der Waals surface area contributed by atoms with Gasteiger partial charge in [0, 0.05) is 42.0 Å². The Hall–Kier alpha value is -1.93. The van der Waals surface area contributed by atoms with E-state index in [4.69, 9.17) is 11.6 Å². The predicted octanol–water partition coefficient (Wildman–Crippen LogP) is 2.84. The van der Waals surface area contributed by atoms with E-state index in [1.807, 2.05) is 6.92 Å². The van der Waals surface area contributed by atoms with Gasteiger partial charge in [-0.15, -0.1) is 0 Å². The van der Waals surface area contributed by atoms with Crippen LogP contribution in [0.15, 0.2) is 12.3 Å². The maximum absolute atomic E-state index is 11.7. The Balaban J connectivity index is 1.82. The highest BCUT2D eigenvalue weighted by atomic mass is 35.5. The second-order valence-electron chi connectivity index (χ2n) is 8.52. The van der Waals surface area contributed by atoms with E-state index < -0.39 is 9.84 Å². The number of benzene rings is 1. The van der Waals surface area contributed by atoms with Crippen molar-refractivity contribution in [1.29, 1.82) is 0 Å². The summed E-state index contributed by atoms with van der Waals surface area (Å²) in [5, 5.41) is 4.06. The number of halogens is 1. The molecule has 2 aliphatic heterocycles. The van der Waals surface area contributed by atoms with Crippen molar-refractivity contribution < 1.29 is 13.2 Å². The smallest absolute Gasteiger partial charge is 0.222 e. The Labute approximate surface area is 175 Å². The van der Waals surface area contributed by atoms with Crippen molar-refractivity contribution in [3.63, 3.8) is 0 Å². The van der Waals surface area contributed by atoms with E-state index in [0.29, 0.717) is 13.0 Å². The summed E-state index contributed by atoms with van der Waals surface area (Å²) in [7, 11) is -3.03. The molecule has 0 spiro atoms. The van der Waals surface area contributed by atoms with E-state index in [1.54, 1.807) is 6.20 Å². The van der Waals surface area contributed by atoms with Crippen LogP contribution in [0, 0.1) is 5.92 Å². The fraction of sp³-hybridized carbons (Fsp3) is 0.550. The molecule has 2 aromatic rings. The van der Waals surface area contributed by atoms with Crippen LogP contribution >= 0.6 is 11.6 Å². The number of carbonyl (C=O) groups excluding carboxylic acids is 1. The monoisotopic (exact) mass is 436 g/mol. The third-order valence-corrected chi connectivity index (χ3v) is 7.22. The lowest BCUT2D eigenvalue weighted by Crippen LogP contribution is -2.57. The quantitative estimate of drug-likeness (QED) is 0.572. The van der Waals surface area contributed by atoms with Gasteiger partial charge in [-0.25, -0.2) is 18.4 Å². The van der Waals surface area contributed by atoms with E-state index in [9.17, 15) is 13.2 Å². The topological polar surface area (TPSA) is 92.3 Å². The molecule has 0 saturated carbocycles. The molecule has 3 heterocycles. The van der Waals surface area contributed by atoms with Gasteiger partial charge >= 0.3 is 0 Å². The number of nitrogens with zero attached hydrogens (tertiary/aromatic N) is 3. The third kappa shape index (κ3) is 3.68. The number of nitrogens with one attached hydrogen (secondary N) is 1. The van der Waals surface area contributed by atoms with Crippen LogP contribution in [0.1, 0.15) is 50.3 Å². The Morgan fingerprint density at radius 3 is 2.62 bits per heavy atom. The Kier molecular flexibility index (Phi) is 4.98. The molecule has 1 aromatic carbocycles. The van der Waals surface area contributed by atoms with Crippen LogP contribution in [-0.2, 0) is 14.6 Å². The molecule has 0 radical (unpaired) electrons. The summed E-state index contributed by atoms with van der Waals surface area (Å²) in [6, 6.07) is 2.16. The van der Waals surface area contributed by atoms with Gasteiger partial charge in [-0.05, 0) is 41.6 Å². The van der Waals surface area contributed by atoms with Crippen molar-refractivity contribution in [1.82, 2.24) is 15.3 Å². The zero-order valence-electron chi connectivity index (χ0n) is 16.9. The number of rotatable bonds is 5. The minimum atomic E-state index is -3.03. The van der Waals surface area contributed by atoms with Crippen molar-refractivity contribution in [2.75, 3.05) is 23.5 Å². The number of carbonyl (C=O) groups is 1. The second-order valence-corrected chi connectivity index (χ2v) is 11.0. The van der Waals surface area contributed by atoms with Gasteiger partial charge in [0.05, 0.1) is 23.7 Å². The van der Waals surface area contributed by atoms with Crippen molar-refractivity contribution in [2.45, 2.75) is 45.2 Å². The molecule has 7 nitrogen and oxygen atoms in total. The number of fused-ring (bicyclic) bond motifs is 1. The highest BCUT2D eigenvalue weighted by Crippen LogP contribution is 2.43. The number of aromatic nitrogens is 2. The maximum Gasteiger partial charge on any atom is 0.222 e. The van der Waals surface area contributed by atoms with Gasteiger partial charge in [0.15, 0.2) is 0 Å². The molecule has 2 fully saturated rings. The molecule has 2 aliphatic rings. The van der Waals surface area contributed by atoms with Crippen LogP contribution in [0.2, 0.25) is 5.28 Å². The first kappa shape index (κ1) is 20.3. The lowest BCUT2D eigenvalue weighted by molar-refractivity contribution is -0.128. The molecule has 1 unspecified atom stereocenters. The molecule has 1 N–H and O–H groups in total. The van der Waals surface area contributed by atoms with Gasteiger partial charge in [0.2, 0.25) is 11.2 Å². The van der Waals surface area contributed by atoms with E-state index in [1.165, 1.54) is 6.26 Å². The zero-order chi connectivity index (χ0) is 21.1. The van der Waals surface area contributed by atoms with Gasteiger partial charge in [0.1, 0.15) is 9.84 Å². The molecular formula is C20H25ClN4O3S. The second kappa shape index (κ2) is 7.09. The number of sulfone groups is 1. The van der Waals surface area contributed by atoms with E-state index >= 15 is 0 Å². The van der Waals surface area contributed by atoms with Crippen LogP contribution in [-0.4, -0.2) is 48.9 Å². The van der Waals surface area contributed by atoms with Crippen molar-refractivity contribution >= 4 is 43.9 Å². The number of hydrogen-bond donors (Lipinski definition) is 1. The first-order valence-corrected chi connectivity index (χ1v) is 12.2. The van der Waals surface area contributed by atoms with Gasteiger partial charge in [-0.3, -0.25) is 4.79 Å². The van der Waals surface area contributed by atoms with Crippen LogP contribution in [0.4, 0.5) is 5.69 Å². The molecule has 1 amide bonds. The zero-order valence-corrected chi connectivity index (χ0v) is 18.5. The van der Waals surface area contributed by atoms with Gasteiger partial charge in [-0.1, -0.05) is 13.8 Å². The minimum absolute atomic E-state index is 0.0395. The van der Waals surface area contributed by atoms with Crippen molar-refractivity contribution in [2.24, 2.45) is 5.92 Å². The summed E-state index contributed by atoms with van der Waals surface area (Å²) < 4.78 is 23.4. The van der Waals surface area contributed by atoms with Crippen molar-refractivity contribution in [3.05, 3.63) is 28.7 Å². The average molecular weight is 437 g/mol. The summed E-state index contributed by atoms with van der Waals surface area (Å²) in [5.41, 5.74) is 3.89. The number of amides is 1. The Bertz CT molecular complexity index is 1090. The largest absolute Gasteiger partial charge is 0.367 e. The molecule has 0 aliphatic carbocycles. The van der Waals surface area contributed by atoms with E-state index in [-0.39, 0.29) is 40.9 Å². The van der Waals surface area contributed by atoms with Crippen LogP contribution < -0.4 is 10.2 Å². The SMILES string of the molecule is CC(C)c1c(C2CC(=O)N2)cc(N2C[C@H](CS(C)(=O)=O)[C@H]2C)c2cnc(Cl)nc12. The highest BCUT2D eigenvalue weighted by molar-refractivity contribution is 7.90. The van der Waals surface area contributed by atoms with Gasteiger partial charge < -0.3 is 10.2 Å². The molecule has 0 bridgehead atoms. The average Bonchev–Trinajstić information content (AvgIpc) is 2.59. The first-order valence-electron chi connectivity index (χ1n) is 9.78. The fourth-order valence-corrected chi connectivity index (χ4v) is 5.75. The number of anilines is 1. The lowest BCUT2D eigenvalue weighted by atomic mass is 9.84. The standard InChI is InChI=1S/C20H25ClN4O3S/c1-10(2)18-13(15-6-17(26)23-15)5-16(14-7-22-20(21)24-19(14)18)25-8-12(11(25)3)9-29(4,27)28/h5,7,10-12,15H,6,8-9H2,1-4H3,(H,23,26)/t11-,12-,15?/m1/s1. The van der Waals surface area contributed by atoms with E-state index in [2.05, 4.69) is 40.1 Å². The summed E-state index contributed by atoms with van der Waals surface area (Å²) in [6.07, 6.45) is 3.48. The number of hydrogen-bond acceptors (Lipinski definition) is 6. The lowest BCUT2D eigenvalue weighted by Gasteiger charge is -2.48. The predicted molar refractivity (Wildman–Crippen MR) is 114 cm³/mol. The van der Waals surface area contributed by atoms with Gasteiger partial charge in [0.25, 0.3) is 0 Å². The molecular weight excluding hydrogens is 412 g/mol. The van der Waals surface area contributed by atoms with Gasteiger partial charge in [-0.2, -0.15) is 0 Å². The summed E-state index contributed by atoms with van der Waals surface area (Å²) in [5.74, 6) is 0.500. The molecule has 156 valence electrons. The van der Waals surface area contributed by atoms with Crippen molar-refractivity contribution in [3.8, 4) is 0 Å². The van der Waals surface area contributed by atoms with Crippen LogP contribution in [0.5, 0.6) is 0 Å². The molecule has 3 atom stereocenters.